The summed E-state index contributed by atoms with van der Waals surface area (Å²) in [6.07, 6.45) is 1.00. The first kappa shape index (κ1) is 11.3. The third-order valence-electron chi connectivity index (χ3n) is 1.63. The van der Waals surface area contributed by atoms with Crippen LogP contribution < -0.4 is 11.1 Å². The lowest BCUT2D eigenvalue weighted by Gasteiger charge is -2.06. The van der Waals surface area contributed by atoms with Gasteiger partial charge in [-0.05, 0) is 69.7 Å². The van der Waals surface area contributed by atoms with E-state index < -0.39 is 0 Å². The number of nitrogens with two attached hydrogens (primary N) is 1. The smallest absolute Gasteiger partial charge is 0.0352 e. The maximum Gasteiger partial charge on any atom is 0.0352 e. The molecule has 0 heterocycles. The van der Waals surface area contributed by atoms with Gasteiger partial charge in [-0.1, -0.05) is 0 Å². The van der Waals surface area contributed by atoms with Gasteiger partial charge in [0, 0.05) is 20.3 Å². The Kier molecular flexibility index (Phi) is 5.05. The average molecular weight is 355 g/mol. The summed E-state index contributed by atoms with van der Waals surface area (Å²) in [4.78, 5) is 0. The molecule has 0 amide bonds. The lowest BCUT2D eigenvalue weighted by molar-refractivity contribution is 0.874. The summed E-state index contributed by atoms with van der Waals surface area (Å²) in [6, 6.07) is 6.23. The number of hydrogen-bond donors (Lipinski definition) is 2. The minimum atomic E-state index is 0.735. The molecule has 0 radical (unpaired) electrons. The van der Waals surface area contributed by atoms with Crippen molar-refractivity contribution < 1.29 is 0 Å². The van der Waals surface area contributed by atoms with Crippen molar-refractivity contribution in [3.8, 4) is 0 Å². The van der Waals surface area contributed by atoms with Crippen molar-refractivity contribution in [2.45, 2.75) is 6.42 Å². The first-order valence-corrected chi connectivity index (χ1v) is 6.00. The molecule has 0 aliphatic carbocycles. The number of anilines is 1. The van der Waals surface area contributed by atoms with Crippen LogP contribution >= 0.6 is 38.5 Å². The Bertz CT molecular complexity index is 278. The summed E-state index contributed by atoms with van der Waals surface area (Å²) in [5, 5.41) is 3.30. The fourth-order valence-corrected chi connectivity index (χ4v) is 1.66. The maximum absolute atomic E-state index is 5.40. The SMILES string of the molecule is NCCCNc1ccc(I)c(Br)c1. The van der Waals surface area contributed by atoms with Crippen LogP contribution in [-0.2, 0) is 0 Å². The molecule has 0 aromatic heterocycles. The molecule has 1 rings (SSSR count). The molecular weight excluding hydrogens is 343 g/mol. The summed E-state index contributed by atoms with van der Waals surface area (Å²) in [5.74, 6) is 0. The van der Waals surface area contributed by atoms with Crippen LogP contribution in [0.4, 0.5) is 5.69 Å². The van der Waals surface area contributed by atoms with Gasteiger partial charge in [0.05, 0.1) is 0 Å². The Balaban J connectivity index is 2.53. The van der Waals surface area contributed by atoms with E-state index in [1.807, 2.05) is 0 Å². The highest BCUT2D eigenvalue weighted by atomic mass is 127. The van der Waals surface area contributed by atoms with Gasteiger partial charge >= 0.3 is 0 Å². The Morgan fingerprint density at radius 1 is 1.46 bits per heavy atom. The quantitative estimate of drug-likeness (QED) is 0.644. The second kappa shape index (κ2) is 5.82. The van der Waals surface area contributed by atoms with Crippen LogP contribution in [0.1, 0.15) is 6.42 Å². The highest BCUT2D eigenvalue weighted by molar-refractivity contribution is 14.1. The van der Waals surface area contributed by atoms with E-state index in [-0.39, 0.29) is 0 Å². The molecule has 1 aromatic rings. The molecule has 0 spiro atoms. The van der Waals surface area contributed by atoms with Crippen molar-refractivity contribution in [2.24, 2.45) is 5.73 Å². The van der Waals surface area contributed by atoms with Crippen LogP contribution in [-0.4, -0.2) is 13.1 Å². The third kappa shape index (κ3) is 3.83. The minimum absolute atomic E-state index is 0.735. The summed E-state index contributed by atoms with van der Waals surface area (Å²) in [6.45, 7) is 1.67. The third-order valence-corrected chi connectivity index (χ3v) is 3.97. The maximum atomic E-state index is 5.40. The molecule has 13 heavy (non-hydrogen) atoms. The lowest BCUT2D eigenvalue weighted by Crippen LogP contribution is -2.08. The molecule has 72 valence electrons. The van der Waals surface area contributed by atoms with Gasteiger partial charge in [0.15, 0.2) is 0 Å². The zero-order chi connectivity index (χ0) is 9.68. The first-order chi connectivity index (χ1) is 6.24. The van der Waals surface area contributed by atoms with Crippen LogP contribution in [0.3, 0.4) is 0 Å². The first-order valence-electron chi connectivity index (χ1n) is 4.13. The van der Waals surface area contributed by atoms with E-state index in [1.165, 1.54) is 3.57 Å². The van der Waals surface area contributed by atoms with E-state index in [4.69, 9.17) is 5.73 Å². The zero-order valence-corrected chi connectivity index (χ0v) is 10.9. The van der Waals surface area contributed by atoms with Gasteiger partial charge in [-0.3, -0.25) is 0 Å². The summed E-state index contributed by atoms with van der Waals surface area (Å²) >= 11 is 5.77. The molecule has 0 unspecified atom stereocenters. The fraction of sp³-hybridized carbons (Fsp3) is 0.333. The van der Waals surface area contributed by atoms with Crippen LogP contribution in [0.2, 0.25) is 0 Å². The average Bonchev–Trinajstić information content (AvgIpc) is 2.12. The topological polar surface area (TPSA) is 38.0 Å². The molecule has 0 atom stereocenters. The second-order valence-electron chi connectivity index (χ2n) is 2.70. The predicted octanol–water partition coefficient (Wildman–Crippen LogP) is 2.81. The van der Waals surface area contributed by atoms with E-state index >= 15 is 0 Å². The van der Waals surface area contributed by atoms with Crippen molar-refractivity contribution in [1.29, 1.82) is 0 Å². The fourth-order valence-electron chi connectivity index (χ4n) is 0.941. The molecule has 0 bridgehead atoms. The number of nitrogens with one attached hydrogen (secondary N) is 1. The van der Waals surface area contributed by atoms with Gasteiger partial charge in [0.1, 0.15) is 0 Å². The number of benzene rings is 1. The summed E-state index contributed by atoms with van der Waals surface area (Å²) < 4.78 is 2.35. The van der Waals surface area contributed by atoms with Crippen LogP contribution in [0, 0.1) is 3.57 Å². The van der Waals surface area contributed by atoms with E-state index in [9.17, 15) is 0 Å². The van der Waals surface area contributed by atoms with Crippen molar-refractivity contribution in [3.63, 3.8) is 0 Å². The highest BCUT2D eigenvalue weighted by Crippen LogP contribution is 2.22. The second-order valence-corrected chi connectivity index (χ2v) is 4.71. The molecule has 0 aliphatic heterocycles. The van der Waals surface area contributed by atoms with Crippen molar-refractivity contribution in [2.75, 3.05) is 18.4 Å². The van der Waals surface area contributed by atoms with Gasteiger partial charge in [-0.15, -0.1) is 0 Å². The number of halogens is 2. The van der Waals surface area contributed by atoms with Gasteiger partial charge in [-0.25, -0.2) is 0 Å². The Labute approximate surface area is 101 Å². The molecule has 0 saturated heterocycles. The normalized spacial score (nSPS) is 10.1. The van der Waals surface area contributed by atoms with Crippen molar-refractivity contribution >= 4 is 44.2 Å². The van der Waals surface area contributed by atoms with Gasteiger partial charge in [0.2, 0.25) is 0 Å². The number of rotatable bonds is 4. The van der Waals surface area contributed by atoms with E-state index in [0.29, 0.717) is 0 Å². The van der Waals surface area contributed by atoms with E-state index in [0.717, 1.165) is 29.7 Å². The van der Waals surface area contributed by atoms with Crippen LogP contribution in [0.25, 0.3) is 0 Å². The van der Waals surface area contributed by atoms with Crippen LogP contribution in [0.5, 0.6) is 0 Å². The van der Waals surface area contributed by atoms with E-state index in [1.54, 1.807) is 0 Å². The van der Waals surface area contributed by atoms with Gasteiger partial charge < -0.3 is 11.1 Å². The summed E-state index contributed by atoms with van der Waals surface area (Å²) in [7, 11) is 0. The van der Waals surface area contributed by atoms with Crippen LogP contribution in [0.15, 0.2) is 22.7 Å². The van der Waals surface area contributed by atoms with E-state index in [2.05, 4.69) is 62.0 Å². The molecule has 2 nitrogen and oxygen atoms in total. The molecule has 0 saturated carbocycles. The molecule has 4 heteroatoms. The molecular formula is C9H12BrIN2. The minimum Gasteiger partial charge on any atom is -0.385 e. The standard InChI is InChI=1S/C9H12BrIN2/c10-8-6-7(2-3-9(8)11)13-5-1-4-12/h2-3,6,13H,1,4-5,12H2. The monoisotopic (exact) mass is 354 g/mol. The predicted molar refractivity (Wildman–Crippen MR) is 69.0 cm³/mol. The Morgan fingerprint density at radius 3 is 2.85 bits per heavy atom. The highest BCUT2D eigenvalue weighted by Gasteiger charge is 1.96. The number of hydrogen-bond acceptors (Lipinski definition) is 2. The zero-order valence-electron chi connectivity index (χ0n) is 7.19. The van der Waals surface area contributed by atoms with Crippen molar-refractivity contribution in [1.82, 2.24) is 0 Å². The lowest BCUT2D eigenvalue weighted by atomic mass is 10.3. The molecule has 1 aromatic carbocycles. The molecule has 3 N–H and O–H groups in total. The Hall–Kier alpha value is 0.190. The summed E-state index contributed by atoms with van der Waals surface area (Å²) in [5.41, 5.74) is 6.54. The molecule has 0 fully saturated rings. The van der Waals surface area contributed by atoms with Gasteiger partial charge in [0.25, 0.3) is 0 Å². The molecule has 0 aliphatic rings. The van der Waals surface area contributed by atoms with Gasteiger partial charge in [-0.2, -0.15) is 0 Å². The Morgan fingerprint density at radius 2 is 2.23 bits per heavy atom. The van der Waals surface area contributed by atoms with Crippen molar-refractivity contribution in [3.05, 3.63) is 26.2 Å². The largest absolute Gasteiger partial charge is 0.385 e.